The first kappa shape index (κ1) is 18.7. The van der Waals surface area contributed by atoms with Crippen LogP contribution in [0.4, 0.5) is 4.79 Å². The number of urea groups is 1. The topological polar surface area (TPSA) is 78.9 Å². The van der Waals surface area contributed by atoms with Gasteiger partial charge in [-0.15, -0.1) is 0 Å². The molecule has 0 aliphatic heterocycles. The Morgan fingerprint density at radius 3 is 2.25 bits per heavy atom. The average Bonchev–Trinajstić information content (AvgIpc) is 2.33. The second kappa shape index (κ2) is 9.58. The second-order valence-electron chi connectivity index (χ2n) is 5.71. The van der Waals surface area contributed by atoms with Crippen LogP contribution in [0.25, 0.3) is 0 Å². The van der Waals surface area contributed by atoms with Gasteiger partial charge in [0.2, 0.25) is 0 Å². The van der Waals surface area contributed by atoms with Crippen LogP contribution in [-0.2, 0) is 9.53 Å². The lowest BCUT2D eigenvalue weighted by molar-refractivity contribution is -0.142. The Labute approximate surface area is 121 Å². The van der Waals surface area contributed by atoms with Crippen LogP contribution in [0.1, 0.15) is 27.7 Å². The molecular weight excluding hydrogens is 260 g/mol. The van der Waals surface area contributed by atoms with E-state index >= 15 is 0 Å². The maximum Gasteiger partial charge on any atom is 0.317 e. The lowest BCUT2D eigenvalue weighted by Gasteiger charge is -2.26. The van der Waals surface area contributed by atoms with E-state index in [-0.39, 0.29) is 18.5 Å². The Bertz CT molecular complexity index is 306. The maximum atomic E-state index is 12.1. The third-order valence-corrected chi connectivity index (χ3v) is 3.03. The van der Waals surface area contributed by atoms with Crippen LogP contribution in [0.2, 0.25) is 0 Å². The molecule has 2 N–H and O–H groups in total. The monoisotopic (exact) mass is 288 g/mol. The highest BCUT2D eigenvalue weighted by Gasteiger charge is 2.23. The van der Waals surface area contributed by atoms with Gasteiger partial charge in [-0.05, 0) is 11.8 Å². The highest BCUT2D eigenvalue weighted by Crippen LogP contribution is 2.10. The molecule has 1 atom stereocenters. The van der Waals surface area contributed by atoms with Crippen molar-refractivity contribution in [1.82, 2.24) is 10.2 Å². The van der Waals surface area contributed by atoms with E-state index < -0.39 is 11.9 Å². The van der Waals surface area contributed by atoms with E-state index in [1.54, 1.807) is 12.0 Å². The summed E-state index contributed by atoms with van der Waals surface area (Å²) in [6.45, 7) is 9.46. The summed E-state index contributed by atoms with van der Waals surface area (Å²) < 4.78 is 4.99. The van der Waals surface area contributed by atoms with Gasteiger partial charge in [0, 0.05) is 26.7 Å². The van der Waals surface area contributed by atoms with Crippen molar-refractivity contribution in [3.05, 3.63) is 0 Å². The van der Waals surface area contributed by atoms with Gasteiger partial charge in [-0.1, -0.05) is 27.7 Å². The van der Waals surface area contributed by atoms with Gasteiger partial charge in [-0.2, -0.15) is 0 Å². The molecule has 0 aromatic carbocycles. The Morgan fingerprint density at radius 1 is 1.25 bits per heavy atom. The molecule has 0 rings (SSSR count). The summed E-state index contributed by atoms with van der Waals surface area (Å²) >= 11 is 0. The molecule has 6 heteroatoms. The zero-order chi connectivity index (χ0) is 15.7. The minimum atomic E-state index is -0.882. The molecule has 0 aliphatic rings. The Kier molecular flexibility index (Phi) is 8.96. The Morgan fingerprint density at radius 2 is 1.85 bits per heavy atom. The van der Waals surface area contributed by atoms with Crippen molar-refractivity contribution < 1.29 is 19.4 Å². The fraction of sp³-hybridized carbons (Fsp3) is 0.857. The summed E-state index contributed by atoms with van der Waals surface area (Å²) in [5, 5.41) is 11.8. The van der Waals surface area contributed by atoms with E-state index in [1.165, 1.54) is 0 Å². The molecule has 0 radical (unpaired) electrons. The first-order valence-electron chi connectivity index (χ1n) is 7.04. The summed E-state index contributed by atoms with van der Waals surface area (Å²) in [6, 6.07) is -0.234. The number of carbonyl (C=O) groups excluding carboxylic acids is 1. The standard InChI is InChI=1S/C14H28N2O4/c1-10(2)9-16(6-7-20-5)14(19)15-8-12(11(3)4)13(17)18/h10-12H,6-9H2,1-5H3,(H,15,19)(H,17,18). The largest absolute Gasteiger partial charge is 0.481 e. The van der Waals surface area contributed by atoms with Gasteiger partial charge in [-0.25, -0.2) is 4.79 Å². The molecule has 2 amide bonds. The van der Waals surface area contributed by atoms with E-state index in [0.29, 0.717) is 25.6 Å². The molecular formula is C14H28N2O4. The summed E-state index contributed by atoms with van der Waals surface area (Å²) in [7, 11) is 1.59. The normalized spacial score (nSPS) is 12.6. The number of carbonyl (C=O) groups is 2. The van der Waals surface area contributed by atoms with Gasteiger partial charge in [0.25, 0.3) is 0 Å². The molecule has 0 aromatic rings. The maximum absolute atomic E-state index is 12.1. The van der Waals surface area contributed by atoms with Crippen LogP contribution in [0.5, 0.6) is 0 Å². The number of nitrogens with one attached hydrogen (secondary N) is 1. The van der Waals surface area contributed by atoms with Gasteiger partial charge >= 0.3 is 12.0 Å². The van der Waals surface area contributed by atoms with E-state index in [9.17, 15) is 9.59 Å². The number of aliphatic carboxylic acids is 1. The molecule has 0 bridgehead atoms. The van der Waals surface area contributed by atoms with Crippen LogP contribution in [-0.4, -0.2) is 55.4 Å². The summed E-state index contributed by atoms with van der Waals surface area (Å²) in [4.78, 5) is 24.8. The van der Waals surface area contributed by atoms with Gasteiger partial charge in [0.15, 0.2) is 0 Å². The minimum absolute atomic E-state index is 0.0228. The van der Waals surface area contributed by atoms with Gasteiger partial charge in [0.05, 0.1) is 12.5 Å². The minimum Gasteiger partial charge on any atom is -0.481 e. The van der Waals surface area contributed by atoms with Crippen molar-refractivity contribution >= 4 is 12.0 Å². The van der Waals surface area contributed by atoms with Crippen LogP contribution in [0.3, 0.4) is 0 Å². The molecule has 118 valence electrons. The van der Waals surface area contributed by atoms with Crippen molar-refractivity contribution in [2.24, 2.45) is 17.8 Å². The highest BCUT2D eigenvalue weighted by atomic mass is 16.5. The van der Waals surface area contributed by atoms with Crippen molar-refractivity contribution in [2.75, 3.05) is 33.4 Å². The predicted octanol–water partition coefficient (Wildman–Crippen LogP) is 1.66. The van der Waals surface area contributed by atoms with Crippen molar-refractivity contribution in [3.8, 4) is 0 Å². The van der Waals surface area contributed by atoms with Crippen molar-refractivity contribution in [3.63, 3.8) is 0 Å². The lowest BCUT2D eigenvalue weighted by Crippen LogP contribution is -2.46. The average molecular weight is 288 g/mol. The molecule has 0 aromatic heterocycles. The molecule has 0 heterocycles. The van der Waals surface area contributed by atoms with Gasteiger partial charge in [0.1, 0.15) is 0 Å². The van der Waals surface area contributed by atoms with Gasteiger partial charge < -0.3 is 20.1 Å². The second-order valence-corrected chi connectivity index (χ2v) is 5.71. The number of ether oxygens (including phenoxy) is 1. The summed E-state index contributed by atoms with van der Waals surface area (Å²) in [5.74, 6) is -1.13. The molecule has 6 nitrogen and oxygen atoms in total. The quantitative estimate of drug-likeness (QED) is 0.676. The predicted molar refractivity (Wildman–Crippen MR) is 77.6 cm³/mol. The number of amides is 2. The zero-order valence-electron chi connectivity index (χ0n) is 13.2. The molecule has 1 unspecified atom stereocenters. The van der Waals surface area contributed by atoms with E-state index in [1.807, 2.05) is 27.7 Å². The number of carboxylic acids is 1. The Balaban J connectivity index is 4.46. The SMILES string of the molecule is COCCN(CC(C)C)C(=O)NCC(C(=O)O)C(C)C. The molecule has 0 saturated heterocycles. The van der Waals surface area contributed by atoms with Crippen LogP contribution in [0, 0.1) is 17.8 Å². The Hall–Kier alpha value is -1.30. The summed E-state index contributed by atoms with van der Waals surface area (Å²) in [6.07, 6.45) is 0. The number of nitrogens with zero attached hydrogens (tertiary/aromatic N) is 1. The number of rotatable bonds is 9. The number of hydrogen-bond acceptors (Lipinski definition) is 3. The number of carboxylic acid groups (broad SMARTS) is 1. The fourth-order valence-corrected chi connectivity index (χ4v) is 1.84. The van der Waals surface area contributed by atoms with E-state index in [0.717, 1.165) is 0 Å². The van der Waals surface area contributed by atoms with Crippen molar-refractivity contribution in [2.45, 2.75) is 27.7 Å². The molecule has 20 heavy (non-hydrogen) atoms. The lowest BCUT2D eigenvalue weighted by atomic mass is 9.96. The molecule has 0 spiro atoms. The molecule has 0 aliphatic carbocycles. The number of hydrogen-bond donors (Lipinski definition) is 2. The van der Waals surface area contributed by atoms with Crippen LogP contribution >= 0.6 is 0 Å². The highest BCUT2D eigenvalue weighted by molar-refractivity contribution is 5.76. The van der Waals surface area contributed by atoms with Crippen LogP contribution in [0.15, 0.2) is 0 Å². The van der Waals surface area contributed by atoms with Gasteiger partial charge in [-0.3, -0.25) is 4.79 Å². The third kappa shape index (κ3) is 7.33. The smallest absolute Gasteiger partial charge is 0.317 e. The van der Waals surface area contributed by atoms with E-state index in [2.05, 4.69) is 5.32 Å². The fourth-order valence-electron chi connectivity index (χ4n) is 1.84. The summed E-state index contributed by atoms with van der Waals surface area (Å²) in [5.41, 5.74) is 0. The zero-order valence-corrected chi connectivity index (χ0v) is 13.2. The van der Waals surface area contributed by atoms with Crippen molar-refractivity contribution in [1.29, 1.82) is 0 Å². The third-order valence-electron chi connectivity index (χ3n) is 3.03. The van der Waals surface area contributed by atoms with E-state index in [4.69, 9.17) is 9.84 Å². The first-order chi connectivity index (χ1) is 9.29. The molecule has 0 fully saturated rings. The number of methoxy groups -OCH3 is 1. The van der Waals surface area contributed by atoms with Crippen LogP contribution < -0.4 is 5.32 Å². The first-order valence-corrected chi connectivity index (χ1v) is 7.04. The molecule has 0 saturated carbocycles.